The van der Waals surface area contributed by atoms with Gasteiger partial charge in [0.25, 0.3) is 11.8 Å². The molecule has 2 atom stereocenters. The lowest BCUT2D eigenvalue weighted by molar-refractivity contribution is -0.118. The molecule has 0 aromatic heterocycles. The first kappa shape index (κ1) is 16.6. The molecule has 130 valence electrons. The van der Waals surface area contributed by atoms with Gasteiger partial charge in [0.2, 0.25) is 0 Å². The fraction of sp³-hybridized carbons (Fsp3) is 0.529. The van der Waals surface area contributed by atoms with E-state index in [2.05, 4.69) is 36.3 Å². The number of rotatable bonds is 3. The minimum Gasteiger partial charge on any atom is -0.506 e. The molecule has 0 bridgehead atoms. The van der Waals surface area contributed by atoms with Crippen molar-refractivity contribution in [2.45, 2.75) is 32.9 Å². The lowest BCUT2D eigenvalue weighted by Crippen LogP contribution is -2.40. The lowest BCUT2D eigenvalue weighted by atomic mass is 10.1. The fourth-order valence-corrected chi connectivity index (χ4v) is 3.16. The molecule has 0 spiro atoms. The van der Waals surface area contributed by atoms with Crippen LogP contribution in [0.5, 0.6) is 11.5 Å². The molecular weight excluding hydrogens is 310 g/mol. The predicted octanol–water partition coefficient (Wildman–Crippen LogP) is 1.18. The van der Waals surface area contributed by atoms with E-state index in [-0.39, 0.29) is 35.9 Å². The van der Waals surface area contributed by atoms with E-state index in [0.29, 0.717) is 23.3 Å². The van der Waals surface area contributed by atoms with Crippen molar-refractivity contribution in [3.63, 3.8) is 0 Å². The molecule has 2 aliphatic heterocycles. The van der Waals surface area contributed by atoms with E-state index in [1.54, 1.807) is 6.07 Å². The Morgan fingerprint density at radius 3 is 2.83 bits per heavy atom. The second kappa shape index (κ2) is 6.32. The van der Waals surface area contributed by atoms with E-state index >= 15 is 0 Å². The maximum absolute atomic E-state index is 12.5. The van der Waals surface area contributed by atoms with Gasteiger partial charge in [-0.05, 0) is 31.9 Å². The SMILES string of the molecule is CC(C)N1C[C@H](C)[C@H](NC(=O)c2cc(O)c3c(c2)OCC(=O)N3)C1. The molecule has 1 saturated heterocycles. The Labute approximate surface area is 141 Å². The van der Waals surface area contributed by atoms with Crippen LogP contribution in [0.1, 0.15) is 31.1 Å². The zero-order valence-electron chi connectivity index (χ0n) is 14.1. The third-order valence-corrected chi connectivity index (χ3v) is 4.65. The van der Waals surface area contributed by atoms with Crippen LogP contribution in [-0.4, -0.2) is 53.6 Å². The Kier molecular flexibility index (Phi) is 4.36. The van der Waals surface area contributed by atoms with Crippen LogP contribution in [0.25, 0.3) is 0 Å². The number of phenolic OH excluding ortho intramolecular Hbond substituents is 1. The number of carbonyl (C=O) groups is 2. The highest BCUT2D eigenvalue weighted by atomic mass is 16.5. The van der Waals surface area contributed by atoms with Crippen LogP contribution < -0.4 is 15.4 Å². The summed E-state index contributed by atoms with van der Waals surface area (Å²) in [5.41, 5.74) is 0.528. The van der Waals surface area contributed by atoms with Crippen molar-refractivity contribution < 1.29 is 19.4 Å². The van der Waals surface area contributed by atoms with Crippen molar-refractivity contribution >= 4 is 17.5 Å². The Morgan fingerprint density at radius 2 is 2.17 bits per heavy atom. The van der Waals surface area contributed by atoms with E-state index < -0.39 is 0 Å². The minimum absolute atomic E-state index is 0.0682. The van der Waals surface area contributed by atoms with Crippen LogP contribution in [-0.2, 0) is 4.79 Å². The quantitative estimate of drug-likeness (QED) is 0.723. The summed E-state index contributed by atoms with van der Waals surface area (Å²) < 4.78 is 5.29. The predicted molar refractivity (Wildman–Crippen MR) is 89.4 cm³/mol. The van der Waals surface area contributed by atoms with E-state index in [0.717, 1.165) is 13.1 Å². The van der Waals surface area contributed by atoms with Gasteiger partial charge in [0, 0.05) is 30.7 Å². The topological polar surface area (TPSA) is 90.9 Å². The highest BCUT2D eigenvalue weighted by molar-refractivity contribution is 6.01. The average molecular weight is 333 g/mol. The normalized spacial score (nSPS) is 23.6. The molecule has 1 fully saturated rings. The van der Waals surface area contributed by atoms with E-state index in [4.69, 9.17) is 4.74 Å². The molecule has 2 heterocycles. The van der Waals surface area contributed by atoms with Crippen molar-refractivity contribution in [3.05, 3.63) is 17.7 Å². The van der Waals surface area contributed by atoms with Gasteiger partial charge >= 0.3 is 0 Å². The third-order valence-electron chi connectivity index (χ3n) is 4.65. The number of nitrogens with one attached hydrogen (secondary N) is 2. The van der Waals surface area contributed by atoms with Crippen molar-refractivity contribution in [2.24, 2.45) is 5.92 Å². The zero-order chi connectivity index (χ0) is 17.4. The summed E-state index contributed by atoms with van der Waals surface area (Å²) >= 11 is 0. The molecular formula is C17H23N3O4. The Hall–Kier alpha value is -2.28. The van der Waals surface area contributed by atoms with E-state index in [1.807, 2.05) is 0 Å². The van der Waals surface area contributed by atoms with Crippen LogP contribution >= 0.6 is 0 Å². The van der Waals surface area contributed by atoms with Crippen LogP contribution in [0.4, 0.5) is 5.69 Å². The molecule has 7 nitrogen and oxygen atoms in total. The molecule has 0 saturated carbocycles. The zero-order valence-corrected chi connectivity index (χ0v) is 14.1. The number of aromatic hydroxyl groups is 1. The number of benzene rings is 1. The molecule has 0 radical (unpaired) electrons. The van der Waals surface area contributed by atoms with Crippen LogP contribution in [0.2, 0.25) is 0 Å². The number of amides is 2. The number of anilines is 1. The van der Waals surface area contributed by atoms with Crippen molar-refractivity contribution in [1.82, 2.24) is 10.2 Å². The van der Waals surface area contributed by atoms with Gasteiger partial charge in [-0.3, -0.25) is 14.5 Å². The highest BCUT2D eigenvalue weighted by Crippen LogP contribution is 2.37. The molecule has 1 aromatic rings. The van der Waals surface area contributed by atoms with E-state index in [9.17, 15) is 14.7 Å². The molecule has 0 unspecified atom stereocenters. The molecule has 3 rings (SSSR count). The van der Waals surface area contributed by atoms with Gasteiger partial charge in [0.15, 0.2) is 6.61 Å². The Balaban J connectivity index is 1.74. The summed E-state index contributed by atoms with van der Waals surface area (Å²) in [7, 11) is 0. The van der Waals surface area contributed by atoms with Gasteiger partial charge < -0.3 is 20.5 Å². The van der Waals surface area contributed by atoms with Gasteiger partial charge in [-0.2, -0.15) is 0 Å². The van der Waals surface area contributed by atoms with Crippen molar-refractivity contribution in [3.8, 4) is 11.5 Å². The number of likely N-dealkylation sites (tertiary alicyclic amines) is 1. The van der Waals surface area contributed by atoms with Gasteiger partial charge in [-0.25, -0.2) is 0 Å². The standard InChI is InChI=1S/C17H23N3O4/c1-9(2)20-6-10(3)12(7-20)18-17(23)11-4-13(21)16-14(5-11)24-8-15(22)19-16/h4-5,9-10,12,21H,6-8H2,1-3H3,(H,18,23)(H,19,22)/t10-,12+/m0/s1. The largest absolute Gasteiger partial charge is 0.506 e. The van der Waals surface area contributed by atoms with Crippen molar-refractivity contribution in [1.29, 1.82) is 0 Å². The Morgan fingerprint density at radius 1 is 1.42 bits per heavy atom. The minimum atomic E-state index is -0.330. The number of fused-ring (bicyclic) bond motifs is 1. The molecule has 24 heavy (non-hydrogen) atoms. The number of ether oxygens (including phenoxy) is 1. The molecule has 3 N–H and O–H groups in total. The number of hydrogen-bond donors (Lipinski definition) is 3. The van der Waals surface area contributed by atoms with Crippen LogP contribution in [0.3, 0.4) is 0 Å². The third kappa shape index (κ3) is 3.17. The first-order chi connectivity index (χ1) is 11.3. The second-order valence-corrected chi connectivity index (χ2v) is 6.81. The summed E-state index contributed by atoms with van der Waals surface area (Å²) in [6.07, 6.45) is 0. The summed E-state index contributed by atoms with van der Waals surface area (Å²) in [6.45, 7) is 8.05. The van der Waals surface area contributed by atoms with Crippen LogP contribution in [0.15, 0.2) is 12.1 Å². The summed E-state index contributed by atoms with van der Waals surface area (Å²) in [6, 6.07) is 3.41. The molecule has 1 aromatic carbocycles. The smallest absolute Gasteiger partial charge is 0.262 e. The van der Waals surface area contributed by atoms with E-state index in [1.165, 1.54) is 6.07 Å². The van der Waals surface area contributed by atoms with Crippen molar-refractivity contribution in [2.75, 3.05) is 25.0 Å². The summed E-state index contributed by atoms with van der Waals surface area (Å²) in [5.74, 6) is -0.0882. The van der Waals surface area contributed by atoms with Crippen LogP contribution in [0, 0.1) is 5.92 Å². The second-order valence-electron chi connectivity index (χ2n) is 6.81. The number of carbonyl (C=O) groups excluding carboxylic acids is 2. The first-order valence-electron chi connectivity index (χ1n) is 8.19. The van der Waals surface area contributed by atoms with Gasteiger partial charge in [-0.15, -0.1) is 0 Å². The average Bonchev–Trinajstić information content (AvgIpc) is 2.89. The molecule has 2 amide bonds. The molecule has 0 aliphatic carbocycles. The maximum atomic E-state index is 12.5. The fourth-order valence-electron chi connectivity index (χ4n) is 3.16. The molecule has 2 aliphatic rings. The summed E-state index contributed by atoms with van der Waals surface area (Å²) in [4.78, 5) is 26.2. The van der Waals surface area contributed by atoms with Gasteiger partial charge in [0.1, 0.15) is 17.2 Å². The number of nitrogens with zero attached hydrogens (tertiary/aromatic N) is 1. The van der Waals surface area contributed by atoms with Gasteiger partial charge in [0.05, 0.1) is 0 Å². The lowest BCUT2D eigenvalue weighted by Gasteiger charge is -2.21. The monoisotopic (exact) mass is 333 g/mol. The molecule has 7 heteroatoms. The number of phenols is 1. The Bertz CT molecular complexity index is 674. The highest BCUT2D eigenvalue weighted by Gasteiger charge is 2.32. The first-order valence-corrected chi connectivity index (χ1v) is 8.19. The summed E-state index contributed by atoms with van der Waals surface area (Å²) in [5, 5.41) is 15.6. The van der Waals surface area contributed by atoms with Gasteiger partial charge in [-0.1, -0.05) is 6.92 Å². The maximum Gasteiger partial charge on any atom is 0.262 e. The number of hydrogen-bond acceptors (Lipinski definition) is 5.